The van der Waals surface area contributed by atoms with Gasteiger partial charge in [-0.3, -0.25) is 4.31 Å². The highest BCUT2D eigenvalue weighted by Gasteiger charge is 2.28. The molecule has 0 amide bonds. The Kier molecular flexibility index (Phi) is 8.76. The lowest BCUT2D eigenvalue weighted by atomic mass is 10.1. The number of rotatable bonds is 7. The number of hydrogen-bond acceptors (Lipinski definition) is 3. The predicted octanol–water partition coefficient (Wildman–Crippen LogP) is 3.06. The van der Waals surface area contributed by atoms with Crippen molar-refractivity contribution in [2.24, 2.45) is 4.99 Å². The van der Waals surface area contributed by atoms with Crippen molar-refractivity contribution in [3.05, 3.63) is 65.2 Å². The van der Waals surface area contributed by atoms with Crippen LogP contribution in [0.15, 0.2) is 53.5 Å². The van der Waals surface area contributed by atoms with E-state index in [1.54, 1.807) is 0 Å². The van der Waals surface area contributed by atoms with Gasteiger partial charge in [-0.15, -0.1) is 24.0 Å². The second-order valence-corrected chi connectivity index (χ2v) is 8.83. The normalized spacial score (nSPS) is 13.6. The van der Waals surface area contributed by atoms with Crippen LogP contribution in [0.4, 0.5) is 5.69 Å². The standard InChI is InChI=1S/C21H28N4O2S.HI/c1-3-22-21(24-16-19-10-5-4-8-17(19)2)23-13-15-28(26,27)25-14-12-18-9-6-7-11-20(18)25;/h4-11H,3,12-16H2,1-2H3,(H2,22,23,24);1H. The van der Waals surface area contributed by atoms with E-state index >= 15 is 0 Å². The number of halogens is 1. The number of nitrogens with zero attached hydrogens (tertiary/aromatic N) is 2. The van der Waals surface area contributed by atoms with E-state index in [2.05, 4.69) is 34.7 Å². The van der Waals surface area contributed by atoms with Crippen molar-refractivity contribution < 1.29 is 8.42 Å². The summed E-state index contributed by atoms with van der Waals surface area (Å²) in [5, 5.41) is 6.32. The zero-order chi connectivity index (χ0) is 20.0. The smallest absolute Gasteiger partial charge is 0.236 e. The average Bonchev–Trinajstić information content (AvgIpc) is 3.12. The largest absolute Gasteiger partial charge is 0.357 e. The molecule has 2 aromatic carbocycles. The lowest BCUT2D eigenvalue weighted by molar-refractivity contribution is 0.591. The number of sulfonamides is 1. The second-order valence-electron chi connectivity index (χ2n) is 6.82. The number of nitrogens with one attached hydrogen (secondary N) is 2. The molecule has 0 atom stereocenters. The van der Waals surface area contributed by atoms with Crippen molar-refractivity contribution in [3.8, 4) is 0 Å². The molecule has 1 heterocycles. The third kappa shape index (κ3) is 6.08. The molecule has 1 aliphatic heterocycles. The number of anilines is 1. The number of para-hydroxylation sites is 1. The number of fused-ring (bicyclic) bond motifs is 1. The van der Waals surface area contributed by atoms with Gasteiger partial charge in [-0.2, -0.15) is 0 Å². The van der Waals surface area contributed by atoms with Crippen molar-refractivity contribution in [2.75, 3.05) is 29.7 Å². The number of aryl methyl sites for hydroxylation is 1. The van der Waals surface area contributed by atoms with E-state index in [9.17, 15) is 8.42 Å². The number of aliphatic imine (C=N–C) groups is 1. The van der Waals surface area contributed by atoms with Crippen LogP contribution in [-0.2, 0) is 23.0 Å². The van der Waals surface area contributed by atoms with Crippen molar-refractivity contribution in [3.63, 3.8) is 0 Å². The molecule has 0 saturated heterocycles. The van der Waals surface area contributed by atoms with Crippen LogP contribution < -0.4 is 14.9 Å². The number of guanidine groups is 1. The Balaban J connectivity index is 0.00000300. The molecule has 0 bridgehead atoms. The SMILES string of the molecule is CCNC(=NCc1ccccc1C)NCCS(=O)(=O)N1CCc2ccccc21.I. The van der Waals surface area contributed by atoms with Gasteiger partial charge in [-0.25, -0.2) is 13.4 Å². The van der Waals surface area contributed by atoms with Crippen LogP contribution in [0.5, 0.6) is 0 Å². The quantitative estimate of drug-likeness (QED) is 0.329. The molecule has 158 valence electrons. The minimum absolute atomic E-state index is 0. The van der Waals surface area contributed by atoms with E-state index in [1.165, 1.54) is 9.87 Å². The number of benzene rings is 2. The van der Waals surface area contributed by atoms with E-state index in [0.29, 0.717) is 32.1 Å². The highest BCUT2D eigenvalue weighted by molar-refractivity contribution is 14.0. The Morgan fingerprint density at radius 2 is 1.83 bits per heavy atom. The lowest BCUT2D eigenvalue weighted by Crippen LogP contribution is -2.42. The van der Waals surface area contributed by atoms with Crippen LogP contribution in [0.2, 0.25) is 0 Å². The molecule has 2 aromatic rings. The molecule has 0 spiro atoms. The molecular weight excluding hydrogens is 499 g/mol. The van der Waals surface area contributed by atoms with Gasteiger partial charge in [0.2, 0.25) is 10.0 Å². The van der Waals surface area contributed by atoms with Crippen LogP contribution in [0, 0.1) is 6.92 Å². The van der Waals surface area contributed by atoms with E-state index in [4.69, 9.17) is 0 Å². The first-order chi connectivity index (χ1) is 13.5. The maximum atomic E-state index is 12.8. The fraction of sp³-hybridized carbons (Fsp3) is 0.381. The van der Waals surface area contributed by atoms with Gasteiger partial charge < -0.3 is 10.6 Å². The zero-order valence-electron chi connectivity index (χ0n) is 16.9. The Labute approximate surface area is 190 Å². The minimum atomic E-state index is -3.37. The second kappa shape index (κ2) is 10.8. The van der Waals surface area contributed by atoms with Gasteiger partial charge in [0.15, 0.2) is 5.96 Å². The lowest BCUT2D eigenvalue weighted by Gasteiger charge is -2.20. The molecule has 6 nitrogen and oxygen atoms in total. The molecule has 0 aliphatic carbocycles. The molecule has 0 fully saturated rings. The van der Waals surface area contributed by atoms with Crippen molar-refractivity contribution in [1.29, 1.82) is 0 Å². The highest BCUT2D eigenvalue weighted by Crippen LogP contribution is 2.29. The molecule has 0 aromatic heterocycles. The average molecular weight is 528 g/mol. The summed E-state index contributed by atoms with van der Waals surface area (Å²) in [4.78, 5) is 4.58. The van der Waals surface area contributed by atoms with E-state index in [1.807, 2.05) is 43.3 Å². The van der Waals surface area contributed by atoms with Crippen LogP contribution >= 0.6 is 24.0 Å². The maximum Gasteiger partial charge on any atom is 0.236 e. The van der Waals surface area contributed by atoms with E-state index in [0.717, 1.165) is 23.2 Å². The van der Waals surface area contributed by atoms with Crippen LogP contribution in [0.3, 0.4) is 0 Å². The topological polar surface area (TPSA) is 73.8 Å². The van der Waals surface area contributed by atoms with Gasteiger partial charge in [-0.05, 0) is 43.0 Å². The summed E-state index contributed by atoms with van der Waals surface area (Å²) in [5.74, 6) is 0.651. The summed E-state index contributed by atoms with van der Waals surface area (Å²) < 4.78 is 27.1. The fourth-order valence-electron chi connectivity index (χ4n) is 3.30. The molecule has 0 saturated carbocycles. The minimum Gasteiger partial charge on any atom is -0.357 e. The summed E-state index contributed by atoms with van der Waals surface area (Å²) in [6.07, 6.45) is 0.767. The first-order valence-corrected chi connectivity index (χ1v) is 11.3. The molecule has 1 aliphatic rings. The summed E-state index contributed by atoms with van der Waals surface area (Å²) >= 11 is 0. The van der Waals surface area contributed by atoms with Gasteiger partial charge in [0.05, 0.1) is 18.0 Å². The number of hydrogen-bond donors (Lipinski definition) is 2. The molecule has 3 rings (SSSR count). The Bertz CT molecular complexity index is 947. The van der Waals surface area contributed by atoms with E-state index in [-0.39, 0.29) is 29.7 Å². The molecule has 29 heavy (non-hydrogen) atoms. The van der Waals surface area contributed by atoms with Gasteiger partial charge in [0, 0.05) is 19.6 Å². The molecule has 2 N–H and O–H groups in total. The van der Waals surface area contributed by atoms with Crippen molar-refractivity contribution >= 4 is 45.6 Å². The third-order valence-electron chi connectivity index (χ3n) is 4.85. The maximum absolute atomic E-state index is 12.8. The van der Waals surface area contributed by atoms with Crippen LogP contribution in [-0.4, -0.2) is 39.8 Å². The molecular formula is C21H29IN4O2S. The Morgan fingerprint density at radius 3 is 2.59 bits per heavy atom. The summed E-state index contributed by atoms with van der Waals surface area (Å²) in [5.41, 5.74) is 4.24. The molecule has 8 heteroatoms. The van der Waals surface area contributed by atoms with Crippen LogP contribution in [0.1, 0.15) is 23.6 Å². The summed E-state index contributed by atoms with van der Waals surface area (Å²) in [7, 11) is -3.37. The third-order valence-corrected chi connectivity index (χ3v) is 6.62. The van der Waals surface area contributed by atoms with Gasteiger partial charge in [0.25, 0.3) is 0 Å². The first-order valence-electron chi connectivity index (χ1n) is 9.66. The van der Waals surface area contributed by atoms with Crippen molar-refractivity contribution in [1.82, 2.24) is 10.6 Å². The first kappa shape index (κ1) is 23.5. The van der Waals surface area contributed by atoms with Gasteiger partial charge in [0.1, 0.15) is 0 Å². The van der Waals surface area contributed by atoms with E-state index < -0.39 is 10.0 Å². The monoisotopic (exact) mass is 528 g/mol. The van der Waals surface area contributed by atoms with Crippen molar-refractivity contribution in [2.45, 2.75) is 26.8 Å². The molecule has 0 unspecified atom stereocenters. The molecule has 0 radical (unpaired) electrons. The summed E-state index contributed by atoms with van der Waals surface area (Å²) in [6, 6.07) is 15.8. The zero-order valence-corrected chi connectivity index (χ0v) is 20.0. The van der Waals surface area contributed by atoms with Gasteiger partial charge in [-0.1, -0.05) is 42.5 Å². The fourth-order valence-corrected chi connectivity index (χ4v) is 4.73. The highest BCUT2D eigenvalue weighted by atomic mass is 127. The Morgan fingerprint density at radius 1 is 1.10 bits per heavy atom. The van der Waals surface area contributed by atoms with Crippen LogP contribution in [0.25, 0.3) is 0 Å². The Hall–Kier alpha value is -1.81. The predicted molar refractivity (Wildman–Crippen MR) is 131 cm³/mol. The van der Waals surface area contributed by atoms with Gasteiger partial charge >= 0.3 is 0 Å². The summed E-state index contributed by atoms with van der Waals surface area (Å²) in [6.45, 7) is 6.14.